The first kappa shape index (κ1) is 21.4. The van der Waals surface area contributed by atoms with Crippen molar-refractivity contribution in [3.8, 4) is 0 Å². The summed E-state index contributed by atoms with van der Waals surface area (Å²) in [4.78, 5) is 12.7. The zero-order valence-corrected chi connectivity index (χ0v) is 19.2. The van der Waals surface area contributed by atoms with Gasteiger partial charge in [0.1, 0.15) is 0 Å². The fourth-order valence-corrected chi connectivity index (χ4v) is 5.85. The third-order valence-corrected chi connectivity index (χ3v) is 7.82. The van der Waals surface area contributed by atoms with E-state index in [1.807, 2.05) is 60.5 Å². The van der Waals surface area contributed by atoms with Gasteiger partial charge in [-0.15, -0.1) is 0 Å². The first-order chi connectivity index (χ1) is 15.9. The molecule has 5 rings (SSSR count). The highest BCUT2D eigenvalue weighted by molar-refractivity contribution is 7.93. The summed E-state index contributed by atoms with van der Waals surface area (Å²) in [5, 5.41) is 3.79. The van der Waals surface area contributed by atoms with Crippen molar-refractivity contribution in [3.05, 3.63) is 108 Å². The molecule has 0 bridgehead atoms. The lowest BCUT2D eigenvalue weighted by molar-refractivity contribution is -0.135. The molecule has 0 aromatic heterocycles. The van der Waals surface area contributed by atoms with Gasteiger partial charge in [-0.2, -0.15) is 0 Å². The van der Waals surface area contributed by atoms with Crippen molar-refractivity contribution in [2.24, 2.45) is 0 Å². The van der Waals surface area contributed by atoms with Crippen molar-refractivity contribution in [1.29, 1.82) is 0 Å². The number of hydrazine groups is 1. The summed E-state index contributed by atoms with van der Waals surface area (Å²) in [6.07, 6.45) is 2.18. The fourth-order valence-electron chi connectivity index (χ4n) is 4.47. The van der Waals surface area contributed by atoms with Gasteiger partial charge in [0.15, 0.2) is 0 Å². The number of rotatable bonds is 5. The number of amides is 1. The molecule has 1 amide bonds. The van der Waals surface area contributed by atoms with Gasteiger partial charge >= 0.3 is 0 Å². The van der Waals surface area contributed by atoms with Crippen LogP contribution in [-0.4, -0.2) is 37.4 Å². The maximum Gasteiger partial charge on any atom is 0.268 e. The Morgan fingerprint density at radius 1 is 0.909 bits per heavy atom. The van der Waals surface area contributed by atoms with Crippen LogP contribution in [-0.2, 0) is 14.8 Å². The molecule has 2 aliphatic heterocycles. The van der Waals surface area contributed by atoms with Crippen LogP contribution in [0.3, 0.4) is 0 Å². The van der Waals surface area contributed by atoms with E-state index in [1.165, 1.54) is 4.31 Å². The van der Waals surface area contributed by atoms with Crippen molar-refractivity contribution in [1.82, 2.24) is 10.0 Å². The van der Waals surface area contributed by atoms with Gasteiger partial charge in [0, 0.05) is 19.2 Å². The van der Waals surface area contributed by atoms with Crippen molar-refractivity contribution in [3.63, 3.8) is 0 Å². The summed E-state index contributed by atoms with van der Waals surface area (Å²) in [7, 11) is -3.87. The Morgan fingerprint density at radius 2 is 1.55 bits per heavy atom. The number of benzene rings is 3. The second-order valence-electron chi connectivity index (χ2n) is 8.33. The summed E-state index contributed by atoms with van der Waals surface area (Å²) >= 11 is 0. The standard InChI is InChI=1S/C26H25N3O3S/c1-20-12-14-24(15-13-20)33(31,32)29(23-10-6-3-7-11-23)19-22-18-28-25(30)16-17-27(28)26(22)21-8-4-2-5-9-21/h2-15,19,26H,16-18H2,1H3/b22-19+. The van der Waals surface area contributed by atoms with Crippen LogP contribution in [0.2, 0.25) is 0 Å². The quantitative estimate of drug-likeness (QED) is 0.572. The molecule has 3 aromatic carbocycles. The predicted octanol–water partition coefficient (Wildman–Crippen LogP) is 4.28. The SMILES string of the molecule is Cc1ccc(S(=O)(=O)N(/C=C2\CN3C(=O)CCN3C2c2ccccc2)c2ccccc2)cc1. The third-order valence-electron chi connectivity index (χ3n) is 6.12. The molecule has 7 heteroatoms. The number of hydrogen-bond acceptors (Lipinski definition) is 4. The number of sulfonamides is 1. The number of nitrogens with zero attached hydrogens (tertiary/aromatic N) is 3. The molecule has 0 aliphatic carbocycles. The molecule has 1 unspecified atom stereocenters. The van der Waals surface area contributed by atoms with E-state index in [4.69, 9.17) is 0 Å². The average molecular weight is 460 g/mol. The molecule has 0 N–H and O–H groups in total. The summed E-state index contributed by atoms with van der Waals surface area (Å²) in [6.45, 7) is 2.91. The van der Waals surface area contributed by atoms with Gasteiger partial charge in [-0.05, 0) is 42.3 Å². The third kappa shape index (κ3) is 3.94. The number of hydrogen-bond donors (Lipinski definition) is 0. The van der Waals surface area contributed by atoms with Crippen LogP contribution in [0, 0.1) is 6.92 Å². The lowest BCUT2D eigenvalue weighted by atomic mass is 10.00. The predicted molar refractivity (Wildman–Crippen MR) is 128 cm³/mol. The summed E-state index contributed by atoms with van der Waals surface area (Å²) in [6, 6.07) is 25.6. The lowest BCUT2D eigenvalue weighted by Crippen LogP contribution is -2.33. The highest BCUT2D eigenvalue weighted by Gasteiger charge is 2.44. The van der Waals surface area contributed by atoms with E-state index < -0.39 is 10.0 Å². The number of anilines is 1. The van der Waals surface area contributed by atoms with Gasteiger partial charge in [0.25, 0.3) is 10.0 Å². The summed E-state index contributed by atoms with van der Waals surface area (Å²) < 4.78 is 28.9. The molecule has 2 aliphatic rings. The Kier molecular flexibility index (Phi) is 5.52. The van der Waals surface area contributed by atoms with Crippen molar-refractivity contribution >= 4 is 21.6 Å². The van der Waals surface area contributed by atoms with E-state index in [2.05, 4.69) is 0 Å². The maximum absolute atomic E-state index is 13.8. The molecule has 6 nitrogen and oxygen atoms in total. The Bertz CT molecular complexity index is 1290. The van der Waals surface area contributed by atoms with Gasteiger partial charge in [-0.25, -0.2) is 17.7 Å². The van der Waals surface area contributed by atoms with E-state index in [-0.39, 0.29) is 16.8 Å². The highest BCUT2D eigenvalue weighted by atomic mass is 32.2. The van der Waals surface area contributed by atoms with Crippen molar-refractivity contribution in [2.45, 2.75) is 24.3 Å². The van der Waals surface area contributed by atoms with Gasteiger partial charge in [-0.1, -0.05) is 66.2 Å². The molecular weight excluding hydrogens is 434 g/mol. The van der Waals surface area contributed by atoms with E-state index in [0.29, 0.717) is 25.2 Å². The summed E-state index contributed by atoms with van der Waals surface area (Å²) in [5.74, 6) is 0.0620. The molecule has 168 valence electrons. The molecule has 3 aromatic rings. The van der Waals surface area contributed by atoms with Crippen LogP contribution < -0.4 is 4.31 Å². The minimum absolute atomic E-state index is 0.0620. The molecule has 0 saturated carbocycles. The zero-order chi connectivity index (χ0) is 23.0. The monoisotopic (exact) mass is 459 g/mol. The second-order valence-corrected chi connectivity index (χ2v) is 10.1. The first-order valence-electron chi connectivity index (χ1n) is 10.9. The van der Waals surface area contributed by atoms with Crippen LogP contribution in [0.1, 0.15) is 23.6 Å². The van der Waals surface area contributed by atoms with Crippen LogP contribution in [0.25, 0.3) is 0 Å². The topological polar surface area (TPSA) is 60.9 Å². The van der Waals surface area contributed by atoms with Crippen LogP contribution >= 0.6 is 0 Å². The molecule has 2 heterocycles. The molecular formula is C26H25N3O3S. The molecule has 33 heavy (non-hydrogen) atoms. The number of carbonyl (C=O) groups is 1. The van der Waals surface area contributed by atoms with Gasteiger partial charge < -0.3 is 0 Å². The molecule has 2 saturated heterocycles. The van der Waals surface area contributed by atoms with Gasteiger partial charge in [0.05, 0.1) is 23.2 Å². The lowest BCUT2D eigenvalue weighted by Gasteiger charge is -2.26. The number of para-hydroxylation sites is 1. The molecule has 0 spiro atoms. The highest BCUT2D eigenvalue weighted by Crippen LogP contribution is 2.40. The Hall–Kier alpha value is -3.42. The minimum Gasteiger partial charge on any atom is -0.273 e. The normalized spacial score (nSPS) is 19.8. The Balaban J connectivity index is 1.64. The first-order valence-corrected chi connectivity index (χ1v) is 12.4. The van der Waals surface area contributed by atoms with Gasteiger partial charge in [-0.3, -0.25) is 9.80 Å². The van der Waals surface area contributed by atoms with Crippen LogP contribution in [0.5, 0.6) is 0 Å². The Labute approximate surface area is 194 Å². The van der Waals surface area contributed by atoms with Crippen molar-refractivity contribution < 1.29 is 13.2 Å². The van der Waals surface area contributed by atoms with E-state index in [9.17, 15) is 13.2 Å². The zero-order valence-electron chi connectivity index (χ0n) is 18.3. The fraction of sp³-hybridized carbons (Fsp3) is 0.192. The number of carbonyl (C=O) groups excluding carboxylic acids is 1. The summed E-state index contributed by atoms with van der Waals surface area (Å²) in [5.41, 5.74) is 3.42. The average Bonchev–Trinajstić information content (AvgIpc) is 3.37. The number of aryl methyl sites for hydroxylation is 1. The van der Waals surface area contributed by atoms with E-state index >= 15 is 0 Å². The molecule has 0 radical (unpaired) electrons. The van der Waals surface area contributed by atoms with Crippen LogP contribution in [0.4, 0.5) is 5.69 Å². The van der Waals surface area contributed by atoms with E-state index in [1.54, 1.807) is 47.6 Å². The number of fused-ring (bicyclic) bond motifs is 1. The van der Waals surface area contributed by atoms with Crippen molar-refractivity contribution in [2.75, 3.05) is 17.4 Å². The minimum atomic E-state index is -3.87. The van der Waals surface area contributed by atoms with Crippen LogP contribution in [0.15, 0.2) is 102 Å². The smallest absolute Gasteiger partial charge is 0.268 e. The second kappa shape index (κ2) is 8.50. The maximum atomic E-state index is 13.8. The largest absolute Gasteiger partial charge is 0.273 e. The molecule has 1 atom stereocenters. The van der Waals surface area contributed by atoms with E-state index in [0.717, 1.165) is 16.7 Å². The Morgan fingerprint density at radius 3 is 2.21 bits per heavy atom. The van der Waals surface area contributed by atoms with Gasteiger partial charge in [0.2, 0.25) is 5.91 Å². The molecule has 2 fully saturated rings.